The fourth-order valence-corrected chi connectivity index (χ4v) is 1.69. The van der Waals surface area contributed by atoms with Crippen molar-refractivity contribution in [2.24, 2.45) is 5.73 Å². The van der Waals surface area contributed by atoms with Crippen molar-refractivity contribution in [1.82, 2.24) is 4.98 Å². The summed E-state index contributed by atoms with van der Waals surface area (Å²) in [5.74, 6) is -0.00759. The van der Waals surface area contributed by atoms with Crippen molar-refractivity contribution in [3.63, 3.8) is 0 Å². The van der Waals surface area contributed by atoms with Gasteiger partial charge in [0.25, 0.3) is 0 Å². The maximum Gasteiger partial charge on any atom is 0.224 e. The molecule has 0 spiro atoms. The highest BCUT2D eigenvalue weighted by Gasteiger charge is 2.05. The van der Waals surface area contributed by atoms with Gasteiger partial charge in [0.1, 0.15) is 0 Å². The largest absolute Gasteiger partial charge is 0.330 e. The molecule has 1 heterocycles. The molecule has 0 atom stereocenters. The Kier molecular flexibility index (Phi) is 3.67. The number of rotatable bonds is 4. The first-order valence-corrected chi connectivity index (χ1v) is 5.65. The smallest absolute Gasteiger partial charge is 0.224 e. The number of carbonyl (C=O) groups excluding carboxylic acids is 1. The van der Waals surface area contributed by atoms with E-state index in [0.717, 1.165) is 16.6 Å². The zero-order chi connectivity index (χ0) is 12.1. The molecule has 0 radical (unpaired) electrons. The summed E-state index contributed by atoms with van der Waals surface area (Å²) in [7, 11) is 0. The average molecular weight is 229 g/mol. The Labute approximate surface area is 99.8 Å². The van der Waals surface area contributed by atoms with Crippen molar-refractivity contribution < 1.29 is 4.79 Å². The molecule has 1 amide bonds. The lowest BCUT2D eigenvalue weighted by Gasteiger charge is -2.07. The third-order valence-electron chi connectivity index (χ3n) is 2.53. The van der Waals surface area contributed by atoms with Gasteiger partial charge in [0.15, 0.2) is 0 Å². The predicted octanol–water partition coefficient (Wildman–Crippen LogP) is 1.91. The van der Waals surface area contributed by atoms with Gasteiger partial charge in [-0.3, -0.25) is 9.78 Å². The molecule has 0 fully saturated rings. The molecule has 0 aliphatic carbocycles. The van der Waals surface area contributed by atoms with Crippen molar-refractivity contribution in [2.45, 2.75) is 12.8 Å². The van der Waals surface area contributed by atoms with Gasteiger partial charge in [-0.1, -0.05) is 6.07 Å². The van der Waals surface area contributed by atoms with Gasteiger partial charge < -0.3 is 11.1 Å². The van der Waals surface area contributed by atoms with Crippen LogP contribution in [0, 0.1) is 0 Å². The Morgan fingerprint density at radius 3 is 3.00 bits per heavy atom. The SMILES string of the molecule is NCCCC(=O)Nc1cccc2ncccc12. The van der Waals surface area contributed by atoms with Crippen LogP contribution < -0.4 is 11.1 Å². The van der Waals surface area contributed by atoms with E-state index in [1.165, 1.54) is 0 Å². The van der Waals surface area contributed by atoms with E-state index >= 15 is 0 Å². The Balaban J connectivity index is 2.21. The first-order valence-electron chi connectivity index (χ1n) is 5.65. The topological polar surface area (TPSA) is 68.0 Å². The number of nitrogens with zero attached hydrogens (tertiary/aromatic N) is 1. The monoisotopic (exact) mass is 229 g/mol. The molecule has 0 aliphatic rings. The van der Waals surface area contributed by atoms with Gasteiger partial charge in [0, 0.05) is 18.0 Å². The summed E-state index contributed by atoms with van der Waals surface area (Å²) in [6.07, 6.45) is 2.89. The molecule has 0 unspecified atom stereocenters. The van der Waals surface area contributed by atoms with Gasteiger partial charge in [-0.05, 0) is 37.2 Å². The van der Waals surface area contributed by atoms with Crippen LogP contribution >= 0.6 is 0 Å². The van der Waals surface area contributed by atoms with E-state index in [1.54, 1.807) is 6.20 Å². The molecule has 88 valence electrons. The summed E-state index contributed by atoms with van der Waals surface area (Å²) in [6.45, 7) is 0.532. The van der Waals surface area contributed by atoms with Gasteiger partial charge in [0.05, 0.1) is 11.2 Å². The van der Waals surface area contributed by atoms with Gasteiger partial charge in [-0.25, -0.2) is 0 Å². The minimum atomic E-state index is -0.00759. The lowest BCUT2D eigenvalue weighted by molar-refractivity contribution is -0.116. The van der Waals surface area contributed by atoms with Crippen LogP contribution in [0.4, 0.5) is 5.69 Å². The summed E-state index contributed by atoms with van der Waals surface area (Å²) >= 11 is 0. The molecule has 0 saturated heterocycles. The number of nitrogens with one attached hydrogen (secondary N) is 1. The molecule has 1 aromatic heterocycles. The average Bonchev–Trinajstić information content (AvgIpc) is 2.37. The summed E-state index contributed by atoms with van der Waals surface area (Å²) in [5.41, 5.74) is 7.05. The molecule has 17 heavy (non-hydrogen) atoms. The summed E-state index contributed by atoms with van der Waals surface area (Å²) < 4.78 is 0. The van der Waals surface area contributed by atoms with Crippen molar-refractivity contribution >= 4 is 22.5 Å². The molecule has 0 aliphatic heterocycles. The van der Waals surface area contributed by atoms with Gasteiger partial charge in [0.2, 0.25) is 5.91 Å². The maximum atomic E-state index is 11.6. The third kappa shape index (κ3) is 2.79. The summed E-state index contributed by atoms with van der Waals surface area (Å²) in [5, 5.41) is 3.84. The van der Waals surface area contributed by atoms with E-state index < -0.39 is 0 Å². The molecular weight excluding hydrogens is 214 g/mol. The highest BCUT2D eigenvalue weighted by atomic mass is 16.1. The number of hydrogen-bond donors (Lipinski definition) is 2. The molecule has 0 saturated carbocycles. The molecule has 1 aromatic carbocycles. The first kappa shape index (κ1) is 11.5. The van der Waals surface area contributed by atoms with E-state index in [1.807, 2.05) is 30.3 Å². The van der Waals surface area contributed by atoms with E-state index in [9.17, 15) is 4.79 Å². The lowest BCUT2D eigenvalue weighted by atomic mass is 10.1. The minimum Gasteiger partial charge on any atom is -0.330 e. The second-order valence-electron chi connectivity index (χ2n) is 3.82. The van der Waals surface area contributed by atoms with Crippen LogP contribution in [-0.4, -0.2) is 17.4 Å². The van der Waals surface area contributed by atoms with Crippen LogP contribution in [-0.2, 0) is 4.79 Å². The third-order valence-corrected chi connectivity index (χ3v) is 2.53. The van der Waals surface area contributed by atoms with Crippen LogP contribution in [0.15, 0.2) is 36.5 Å². The van der Waals surface area contributed by atoms with Crippen molar-refractivity contribution in [3.05, 3.63) is 36.5 Å². The highest BCUT2D eigenvalue weighted by Crippen LogP contribution is 2.21. The van der Waals surface area contributed by atoms with Crippen LogP contribution in [0.1, 0.15) is 12.8 Å². The maximum absolute atomic E-state index is 11.6. The zero-order valence-electron chi connectivity index (χ0n) is 9.52. The molecule has 3 N–H and O–H groups in total. The number of hydrogen-bond acceptors (Lipinski definition) is 3. The van der Waals surface area contributed by atoms with Crippen molar-refractivity contribution in [3.8, 4) is 0 Å². The number of aromatic nitrogens is 1. The normalized spacial score (nSPS) is 10.4. The van der Waals surface area contributed by atoms with Crippen LogP contribution in [0.3, 0.4) is 0 Å². The first-order chi connectivity index (χ1) is 8.31. The predicted molar refractivity (Wildman–Crippen MR) is 68.7 cm³/mol. The van der Waals surface area contributed by atoms with E-state index in [0.29, 0.717) is 19.4 Å². The Morgan fingerprint density at radius 1 is 1.29 bits per heavy atom. The number of pyridine rings is 1. The number of benzene rings is 1. The molecular formula is C13H15N3O. The molecule has 2 aromatic rings. The standard InChI is InChI=1S/C13H15N3O/c14-8-2-7-13(17)16-12-6-1-5-11-10(12)4-3-9-15-11/h1,3-6,9H,2,7-8,14H2,(H,16,17). The van der Waals surface area contributed by atoms with Gasteiger partial charge >= 0.3 is 0 Å². The Bertz CT molecular complexity index is 520. The zero-order valence-corrected chi connectivity index (χ0v) is 9.52. The fraction of sp³-hybridized carbons (Fsp3) is 0.231. The second kappa shape index (κ2) is 5.41. The number of anilines is 1. The minimum absolute atomic E-state index is 0.00759. The Hall–Kier alpha value is -1.94. The number of fused-ring (bicyclic) bond motifs is 1. The molecule has 4 nitrogen and oxygen atoms in total. The van der Waals surface area contributed by atoms with E-state index in [4.69, 9.17) is 5.73 Å². The molecule has 2 rings (SSSR count). The van der Waals surface area contributed by atoms with Gasteiger partial charge in [-0.2, -0.15) is 0 Å². The highest BCUT2D eigenvalue weighted by molar-refractivity contribution is 6.00. The number of amides is 1. The van der Waals surface area contributed by atoms with Gasteiger partial charge in [-0.15, -0.1) is 0 Å². The van der Waals surface area contributed by atoms with Crippen LogP contribution in [0.5, 0.6) is 0 Å². The summed E-state index contributed by atoms with van der Waals surface area (Å²) in [6, 6.07) is 9.49. The van der Waals surface area contributed by atoms with E-state index in [-0.39, 0.29) is 5.91 Å². The summed E-state index contributed by atoms with van der Waals surface area (Å²) in [4.78, 5) is 15.9. The molecule has 4 heteroatoms. The fourth-order valence-electron chi connectivity index (χ4n) is 1.69. The van der Waals surface area contributed by atoms with Crippen molar-refractivity contribution in [2.75, 3.05) is 11.9 Å². The van der Waals surface area contributed by atoms with Crippen molar-refractivity contribution in [1.29, 1.82) is 0 Å². The number of nitrogens with two attached hydrogens (primary N) is 1. The Morgan fingerprint density at radius 2 is 2.18 bits per heavy atom. The quantitative estimate of drug-likeness (QED) is 0.841. The van der Waals surface area contributed by atoms with E-state index in [2.05, 4.69) is 10.3 Å². The van der Waals surface area contributed by atoms with Crippen LogP contribution in [0.25, 0.3) is 10.9 Å². The van der Waals surface area contributed by atoms with Crippen LogP contribution in [0.2, 0.25) is 0 Å². The second-order valence-corrected chi connectivity index (χ2v) is 3.82. The molecule has 0 bridgehead atoms. The lowest BCUT2D eigenvalue weighted by Crippen LogP contribution is -2.13. The number of carbonyl (C=O) groups is 1.